The largest absolute Gasteiger partial charge is 0.493 e. The number of hydrogen-bond acceptors (Lipinski definition) is 4. The first-order chi connectivity index (χ1) is 11.7. The van der Waals surface area contributed by atoms with Gasteiger partial charge in [0.1, 0.15) is 19.0 Å². The standard InChI is InChI=1S/C20H23NO3/c1-14(2)12-23-20-10-15(8-9-19(20)22-3)11-21-17-13-24-18-7-5-4-6-16(17)18/h4-10,17,21H,1,11-13H2,2-3H3. The number of fused-ring (bicyclic) bond motifs is 1. The minimum Gasteiger partial charge on any atom is -0.493 e. The Morgan fingerprint density at radius 1 is 1.25 bits per heavy atom. The van der Waals surface area contributed by atoms with Gasteiger partial charge in [0.25, 0.3) is 0 Å². The number of methoxy groups -OCH3 is 1. The Bertz CT molecular complexity index is 727. The summed E-state index contributed by atoms with van der Waals surface area (Å²) in [7, 11) is 1.65. The highest BCUT2D eigenvalue weighted by Gasteiger charge is 2.22. The molecule has 1 aliphatic rings. The average Bonchev–Trinajstić information content (AvgIpc) is 3.01. The SMILES string of the molecule is C=C(C)COc1cc(CNC2COc3ccccc32)ccc1OC. The van der Waals surface area contributed by atoms with Crippen molar-refractivity contribution in [2.45, 2.75) is 19.5 Å². The lowest BCUT2D eigenvalue weighted by Gasteiger charge is -2.15. The summed E-state index contributed by atoms with van der Waals surface area (Å²) in [6.07, 6.45) is 0. The molecule has 24 heavy (non-hydrogen) atoms. The molecule has 1 N–H and O–H groups in total. The van der Waals surface area contributed by atoms with Gasteiger partial charge in [-0.25, -0.2) is 0 Å². The van der Waals surface area contributed by atoms with Crippen molar-refractivity contribution in [3.05, 3.63) is 65.7 Å². The van der Waals surface area contributed by atoms with Gasteiger partial charge in [0, 0.05) is 12.1 Å². The van der Waals surface area contributed by atoms with E-state index in [0.29, 0.717) is 13.2 Å². The van der Waals surface area contributed by atoms with Gasteiger partial charge in [-0.1, -0.05) is 30.8 Å². The van der Waals surface area contributed by atoms with Crippen molar-refractivity contribution in [3.8, 4) is 17.2 Å². The molecule has 126 valence electrons. The number of rotatable bonds is 7. The predicted molar refractivity (Wildman–Crippen MR) is 94.8 cm³/mol. The lowest BCUT2D eigenvalue weighted by molar-refractivity contribution is 0.309. The van der Waals surface area contributed by atoms with E-state index in [2.05, 4.69) is 18.0 Å². The van der Waals surface area contributed by atoms with Crippen LogP contribution in [-0.4, -0.2) is 20.3 Å². The number of hydrogen-bond donors (Lipinski definition) is 1. The highest BCUT2D eigenvalue weighted by molar-refractivity contribution is 5.43. The Balaban J connectivity index is 1.67. The second kappa shape index (κ2) is 7.41. The molecular formula is C20H23NO3. The lowest BCUT2D eigenvalue weighted by Crippen LogP contribution is -2.22. The Morgan fingerprint density at radius 2 is 2.08 bits per heavy atom. The second-order valence-electron chi connectivity index (χ2n) is 6.01. The van der Waals surface area contributed by atoms with E-state index in [1.807, 2.05) is 43.3 Å². The summed E-state index contributed by atoms with van der Waals surface area (Å²) in [5.41, 5.74) is 3.32. The third-order valence-corrected chi connectivity index (χ3v) is 3.95. The minimum absolute atomic E-state index is 0.211. The Hall–Kier alpha value is -2.46. The molecule has 1 aliphatic heterocycles. The summed E-state index contributed by atoms with van der Waals surface area (Å²) in [6, 6.07) is 14.4. The molecule has 0 bridgehead atoms. The molecule has 4 heteroatoms. The molecule has 3 rings (SSSR count). The van der Waals surface area contributed by atoms with E-state index in [1.165, 1.54) is 5.56 Å². The minimum atomic E-state index is 0.211. The first-order valence-corrected chi connectivity index (χ1v) is 8.06. The van der Waals surface area contributed by atoms with Gasteiger partial charge in [-0.15, -0.1) is 0 Å². The van der Waals surface area contributed by atoms with Crippen molar-refractivity contribution in [2.75, 3.05) is 20.3 Å². The van der Waals surface area contributed by atoms with Gasteiger partial charge < -0.3 is 19.5 Å². The zero-order valence-electron chi connectivity index (χ0n) is 14.2. The van der Waals surface area contributed by atoms with Crippen molar-refractivity contribution in [1.82, 2.24) is 5.32 Å². The summed E-state index contributed by atoms with van der Waals surface area (Å²) in [5, 5.41) is 3.54. The van der Waals surface area contributed by atoms with Gasteiger partial charge in [-0.3, -0.25) is 0 Å². The summed E-state index contributed by atoms with van der Waals surface area (Å²) in [6.45, 7) is 7.68. The monoisotopic (exact) mass is 325 g/mol. The smallest absolute Gasteiger partial charge is 0.161 e. The van der Waals surface area contributed by atoms with Gasteiger partial charge in [0.05, 0.1) is 13.2 Å². The van der Waals surface area contributed by atoms with Crippen LogP contribution in [0.2, 0.25) is 0 Å². The molecule has 0 aromatic heterocycles. The van der Waals surface area contributed by atoms with E-state index in [1.54, 1.807) is 7.11 Å². The van der Waals surface area contributed by atoms with Crippen molar-refractivity contribution < 1.29 is 14.2 Å². The predicted octanol–water partition coefficient (Wildman–Crippen LogP) is 3.87. The molecule has 2 aromatic carbocycles. The maximum Gasteiger partial charge on any atom is 0.161 e. The molecule has 0 aliphatic carbocycles. The van der Waals surface area contributed by atoms with Crippen LogP contribution in [0.5, 0.6) is 17.2 Å². The van der Waals surface area contributed by atoms with Crippen LogP contribution in [0.25, 0.3) is 0 Å². The summed E-state index contributed by atoms with van der Waals surface area (Å²) in [4.78, 5) is 0. The van der Waals surface area contributed by atoms with Crippen molar-refractivity contribution in [1.29, 1.82) is 0 Å². The van der Waals surface area contributed by atoms with Crippen LogP contribution in [0, 0.1) is 0 Å². The first kappa shape index (κ1) is 16.4. The van der Waals surface area contributed by atoms with Crippen molar-refractivity contribution in [3.63, 3.8) is 0 Å². The molecule has 1 heterocycles. The van der Waals surface area contributed by atoms with E-state index in [-0.39, 0.29) is 6.04 Å². The van der Waals surface area contributed by atoms with Crippen LogP contribution in [0.1, 0.15) is 24.1 Å². The molecular weight excluding hydrogens is 302 g/mol. The number of nitrogens with one attached hydrogen (secondary N) is 1. The van der Waals surface area contributed by atoms with E-state index < -0.39 is 0 Å². The van der Waals surface area contributed by atoms with Crippen LogP contribution < -0.4 is 19.5 Å². The Kier molecular flexibility index (Phi) is 5.06. The number of ether oxygens (including phenoxy) is 3. The third-order valence-electron chi connectivity index (χ3n) is 3.95. The highest BCUT2D eigenvalue weighted by Crippen LogP contribution is 2.32. The van der Waals surface area contributed by atoms with Gasteiger partial charge in [-0.05, 0) is 36.3 Å². The molecule has 0 spiro atoms. The summed E-state index contributed by atoms with van der Waals surface area (Å²) >= 11 is 0. The van der Waals surface area contributed by atoms with Crippen LogP contribution in [0.15, 0.2) is 54.6 Å². The molecule has 1 unspecified atom stereocenters. The van der Waals surface area contributed by atoms with Crippen LogP contribution in [0.4, 0.5) is 0 Å². The van der Waals surface area contributed by atoms with Crippen molar-refractivity contribution in [2.24, 2.45) is 0 Å². The fourth-order valence-corrected chi connectivity index (χ4v) is 2.72. The molecule has 2 aromatic rings. The lowest BCUT2D eigenvalue weighted by atomic mass is 10.1. The third kappa shape index (κ3) is 3.71. The van der Waals surface area contributed by atoms with Crippen molar-refractivity contribution >= 4 is 0 Å². The maximum absolute atomic E-state index is 5.78. The van der Waals surface area contributed by atoms with Gasteiger partial charge in [0.15, 0.2) is 11.5 Å². The van der Waals surface area contributed by atoms with E-state index >= 15 is 0 Å². The topological polar surface area (TPSA) is 39.7 Å². The van der Waals surface area contributed by atoms with E-state index in [4.69, 9.17) is 14.2 Å². The first-order valence-electron chi connectivity index (χ1n) is 8.06. The fourth-order valence-electron chi connectivity index (χ4n) is 2.72. The number of benzene rings is 2. The molecule has 1 atom stereocenters. The van der Waals surface area contributed by atoms with Crippen LogP contribution >= 0.6 is 0 Å². The van der Waals surface area contributed by atoms with Gasteiger partial charge >= 0.3 is 0 Å². The van der Waals surface area contributed by atoms with Crippen LogP contribution in [0.3, 0.4) is 0 Å². The number of para-hydroxylation sites is 1. The zero-order valence-corrected chi connectivity index (χ0v) is 14.2. The fraction of sp³-hybridized carbons (Fsp3) is 0.300. The van der Waals surface area contributed by atoms with Gasteiger partial charge in [0.2, 0.25) is 0 Å². The van der Waals surface area contributed by atoms with E-state index in [0.717, 1.165) is 34.9 Å². The molecule has 0 saturated carbocycles. The molecule has 0 amide bonds. The molecule has 0 fully saturated rings. The zero-order chi connectivity index (χ0) is 16.9. The molecule has 0 saturated heterocycles. The molecule has 4 nitrogen and oxygen atoms in total. The quantitative estimate of drug-likeness (QED) is 0.784. The second-order valence-corrected chi connectivity index (χ2v) is 6.01. The van der Waals surface area contributed by atoms with Gasteiger partial charge in [-0.2, -0.15) is 0 Å². The normalized spacial score (nSPS) is 15.5. The summed E-state index contributed by atoms with van der Waals surface area (Å²) in [5.74, 6) is 2.44. The summed E-state index contributed by atoms with van der Waals surface area (Å²) < 4.78 is 16.9. The average molecular weight is 325 g/mol. The maximum atomic E-state index is 5.78. The highest BCUT2D eigenvalue weighted by atomic mass is 16.5. The Morgan fingerprint density at radius 3 is 2.88 bits per heavy atom. The Labute approximate surface area is 143 Å². The molecule has 0 radical (unpaired) electrons. The van der Waals surface area contributed by atoms with E-state index in [9.17, 15) is 0 Å². The van der Waals surface area contributed by atoms with Crippen LogP contribution in [-0.2, 0) is 6.54 Å².